The van der Waals surface area contributed by atoms with E-state index >= 15 is 0 Å². The van der Waals surface area contributed by atoms with Gasteiger partial charge in [-0.15, -0.1) is 0 Å². The number of aliphatic hydroxyl groups is 1. The van der Waals surface area contributed by atoms with E-state index in [2.05, 4.69) is 10.1 Å². The van der Waals surface area contributed by atoms with Crippen molar-refractivity contribution in [3.63, 3.8) is 0 Å². The Morgan fingerprint density at radius 2 is 2.19 bits per heavy atom. The molecule has 0 aliphatic carbocycles. The molecule has 1 atom stereocenters. The Morgan fingerprint density at radius 3 is 2.69 bits per heavy atom. The van der Waals surface area contributed by atoms with Crippen LogP contribution in [0.2, 0.25) is 5.02 Å². The molecule has 84 valence electrons. The van der Waals surface area contributed by atoms with E-state index in [1.165, 1.54) is 6.20 Å². The third kappa shape index (κ3) is 1.70. The van der Waals surface area contributed by atoms with Crippen molar-refractivity contribution in [2.45, 2.75) is 12.5 Å². The van der Waals surface area contributed by atoms with Crippen LogP contribution >= 0.6 is 11.6 Å². The fourth-order valence-electron chi connectivity index (χ4n) is 1.75. The van der Waals surface area contributed by atoms with E-state index in [1.54, 1.807) is 43.2 Å². The van der Waals surface area contributed by atoms with Gasteiger partial charge in [0.1, 0.15) is 5.60 Å². The number of rotatable bonds is 2. The number of nitrogens with zero attached hydrogens (tertiary/aromatic N) is 3. The quantitative estimate of drug-likeness (QED) is 0.866. The van der Waals surface area contributed by atoms with Crippen molar-refractivity contribution in [3.8, 4) is 0 Å². The van der Waals surface area contributed by atoms with E-state index in [0.717, 1.165) is 0 Å². The lowest BCUT2D eigenvalue weighted by atomic mass is 9.94. The van der Waals surface area contributed by atoms with Gasteiger partial charge in [-0.1, -0.05) is 17.7 Å². The van der Waals surface area contributed by atoms with Gasteiger partial charge in [-0.2, -0.15) is 5.10 Å². The van der Waals surface area contributed by atoms with Gasteiger partial charge in [-0.25, -0.2) is 0 Å². The van der Waals surface area contributed by atoms with Crippen molar-refractivity contribution in [2.24, 2.45) is 7.05 Å². The van der Waals surface area contributed by atoms with Gasteiger partial charge in [-0.3, -0.25) is 9.67 Å². The molecule has 2 rings (SSSR count). The normalized spacial score (nSPS) is 14.8. The van der Waals surface area contributed by atoms with Crippen LogP contribution in [-0.4, -0.2) is 19.9 Å². The van der Waals surface area contributed by atoms with Gasteiger partial charge in [0, 0.05) is 25.0 Å². The maximum Gasteiger partial charge on any atom is 0.131 e. The maximum absolute atomic E-state index is 10.5. The average molecular weight is 238 g/mol. The van der Waals surface area contributed by atoms with Crippen LogP contribution in [0.5, 0.6) is 0 Å². The highest BCUT2D eigenvalue weighted by Crippen LogP contribution is 2.32. The molecular weight excluding hydrogens is 226 g/mol. The molecule has 0 aliphatic rings. The second kappa shape index (κ2) is 3.88. The molecule has 0 amide bonds. The molecule has 0 saturated heterocycles. The van der Waals surface area contributed by atoms with Crippen LogP contribution in [0.25, 0.3) is 0 Å². The van der Waals surface area contributed by atoms with Gasteiger partial charge in [0.05, 0.1) is 16.9 Å². The average Bonchev–Trinajstić information content (AvgIpc) is 2.60. The standard InChI is InChI=1S/C11H12ClN3O/c1-11(16,8-4-3-5-13-6-8)10-9(12)7-14-15(10)2/h3-7,16H,1-2H3. The Morgan fingerprint density at radius 1 is 1.44 bits per heavy atom. The number of hydrogen-bond acceptors (Lipinski definition) is 3. The van der Waals surface area contributed by atoms with Crippen molar-refractivity contribution < 1.29 is 5.11 Å². The summed E-state index contributed by atoms with van der Waals surface area (Å²) in [5.41, 5.74) is 0.0408. The highest BCUT2D eigenvalue weighted by molar-refractivity contribution is 6.31. The molecule has 0 radical (unpaired) electrons. The number of aromatic nitrogens is 3. The van der Waals surface area contributed by atoms with Gasteiger partial charge >= 0.3 is 0 Å². The zero-order valence-corrected chi connectivity index (χ0v) is 9.81. The van der Waals surface area contributed by atoms with E-state index in [-0.39, 0.29) is 0 Å². The maximum atomic E-state index is 10.5. The summed E-state index contributed by atoms with van der Waals surface area (Å²) in [7, 11) is 1.74. The minimum absolute atomic E-state index is 0.441. The highest BCUT2D eigenvalue weighted by atomic mass is 35.5. The molecule has 0 aromatic carbocycles. The molecule has 2 aromatic rings. The van der Waals surface area contributed by atoms with Crippen LogP contribution in [0.3, 0.4) is 0 Å². The van der Waals surface area contributed by atoms with Crippen LogP contribution in [0.15, 0.2) is 30.7 Å². The molecule has 5 heteroatoms. The first kappa shape index (κ1) is 11.1. The topological polar surface area (TPSA) is 50.9 Å². The third-order valence-corrected chi connectivity index (χ3v) is 2.86. The number of halogens is 1. The number of aryl methyl sites for hydroxylation is 1. The summed E-state index contributed by atoms with van der Waals surface area (Å²) in [6.45, 7) is 1.67. The van der Waals surface area contributed by atoms with Crippen molar-refractivity contribution in [2.75, 3.05) is 0 Å². The van der Waals surface area contributed by atoms with E-state index < -0.39 is 5.60 Å². The molecule has 4 nitrogen and oxygen atoms in total. The first-order valence-electron chi connectivity index (χ1n) is 4.84. The van der Waals surface area contributed by atoms with Gasteiger partial charge in [-0.05, 0) is 13.0 Å². The molecule has 0 spiro atoms. The van der Waals surface area contributed by atoms with Crippen molar-refractivity contribution >= 4 is 11.6 Å². The lowest BCUT2D eigenvalue weighted by Crippen LogP contribution is -2.26. The van der Waals surface area contributed by atoms with Gasteiger partial charge in [0.25, 0.3) is 0 Å². The van der Waals surface area contributed by atoms with Gasteiger partial charge in [0.2, 0.25) is 0 Å². The van der Waals surface area contributed by atoms with Gasteiger partial charge in [0.15, 0.2) is 0 Å². The Balaban J connectivity index is 2.55. The largest absolute Gasteiger partial charge is 0.379 e. The number of hydrogen-bond donors (Lipinski definition) is 1. The van der Waals surface area contributed by atoms with E-state index in [4.69, 9.17) is 11.6 Å². The van der Waals surface area contributed by atoms with Crippen molar-refractivity contribution in [1.82, 2.24) is 14.8 Å². The van der Waals surface area contributed by atoms with Crippen LogP contribution in [0, 0.1) is 0 Å². The summed E-state index contributed by atoms with van der Waals surface area (Å²) >= 11 is 6.02. The third-order valence-electron chi connectivity index (χ3n) is 2.58. The fourth-order valence-corrected chi connectivity index (χ4v) is 2.10. The molecule has 2 aromatic heterocycles. The fraction of sp³-hybridized carbons (Fsp3) is 0.273. The summed E-state index contributed by atoms with van der Waals surface area (Å²) in [5, 5.41) is 15.0. The minimum atomic E-state index is -1.20. The zero-order chi connectivity index (χ0) is 11.8. The summed E-state index contributed by atoms with van der Waals surface area (Å²) in [6.07, 6.45) is 4.79. The molecule has 1 N–H and O–H groups in total. The molecule has 0 bridgehead atoms. The molecular formula is C11H12ClN3O. The minimum Gasteiger partial charge on any atom is -0.379 e. The van der Waals surface area contributed by atoms with E-state index in [1.807, 2.05) is 0 Å². The monoisotopic (exact) mass is 237 g/mol. The zero-order valence-electron chi connectivity index (χ0n) is 9.05. The van der Waals surface area contributed by atoms with Crippen LogP contribution in [0.1, 0.15) is 18.2 Å². The summed E-state index contributed by atoms with van der Waals surface area (Å²) < 4.78 is 1.56. The predicted octanol–water partition coefficient (Wildman–Crippen LogP) is 1.72. The predicted molar refractivity (Wildman–Crippen MR) is 61.1 cm³/mol. The summed E-state index contributed by atoms with van der Waals surface area (Å²) in [4.78, 5) is 3.99. The lowest BCUT2D eigenvalue weighted by molar-refractivity contribution is 0.0926. The second-order valence-electron chi connectivity index (χ2n) is 3.78. The van der Waals surface area contributed by atoms with Gasteiger partial charge < -0.3 is 5.11 Å². The van der Waals surface area contributed by atoms with E-state index in [0.29, 0.717) is 16.3 Å². The van der Waals surface area contributed by atoms with Crippen LogP contribution in [-0.2, 0) is 12.6 Å². The Labute approximate surface area is 98.5 Å². The SMILES string of the molecule is Cn1ncc(Cl)c1C(C)(O)c1cccnc1. The van der Waals surface area contributed by atoms with Crippen molar-refractivity contribution in [1.29, 1.82) is 0 Å². The Hall–Kier alpha value is -1.39. The van der Waals surface area contributed by atoms with Crippen molar-refractivity contribution in [3.05, 3.63) is 47.0 Å². The molecule has 0 aliphatic heterocycles. The number of pyridine rings is 1. The smallest absolute Gasteiger partial charge is 0.131 e. The summed E-state index contributed by atoms with van der Waals surface area (Å²) in [5.74, 6) is 0. The summed E-state index contributed by atoms with van der Waals surface area (Å²) in [6, 6.07) is 3.57. The second-order valence-corrected chi connectivity index (χ2v) is 4.19. The van der Waals surface area contributed by atoms with Crippen LogP contribution in [0.4, 0.5) is 0 Å². The Bertz CT molecular complexity index is 474. The van der Waals surface area contributed by atoms with Crippen LogP contribution < -0.4 is 0 Å². The molecule has 1 unspecified atom stereocenters. The molecule has 16 heavy (non-hydrogen) atoms. The molecule has 0 saturated carbocycles. The first-order chi connectivity index (χ1) is 7.53. The highest BCUT2D eigenvalue weighted by Gasteiger charge is 2.31. The Kier molecular flexibility index (Phi) is 2.69. The lowest BCUT2D eigenvalue weighted by Gasteiger charge is -2.24. The molecule has 0 fully saturated rings. The first-order valence-corrected chi connectivity index (χ1v) is 5.22. The molecule has 2 heterocycles. The van der Waals surface area contributed by atoms with E-state index in [9.17, 15) is 5.11 Å².